The summed E-state index contributed by atoms with van der Waals surface area (Å²) < 4.78 is 5.49. The summed E-state index contributed by atoms with van der Waals surface area (Å²) in [5, 5.41) is 4.66. The number of amides is 1. The quantitative estimate of drug-likeness (QED) is 0.695. The number of hydrogen-bond acceptors (Lipinski definition) is 2. The Bertz CT molecular complexity index is 533. The number of alkyl halides is 1. The number of carbonyl (C=O) groups is 1. The number of halogens is 1. The van der Waals surface area contributed by atoms with Crippen molar-refractivity contribution >= 4 is 32.8 Å². The number of rotatable bonds is 4. The van der Waals surface area contributed by atoms with Crippen LogP contribution in [0.2, 0.25) is 0 Å². The van der Waals surface area contributed by atoms with Gasteiger partial charge in [0.2, 0.25) is 0 Å². The van der Waals surface area contributed by atoms with E-state index in [4.69, 9.17) is 4.42 Å². The Hall–Kier alpha value is -1.29. The van der Waals surface area contributed by atoms with Crippen LogP contribution < -0.4 is 5.32 Å². The fraction of sp³-hybridized carbons (Fsp3) is 0.308. The smallest absolute Gasteiger partial charge is 0.287 e. The minimum Gasteiger partial charge on any atom is -0.451 e. The van der Waals surface area contributed by atoms with Gasteiger partial charge in [-0.3, -0.25) is 4.79 Å². The van der Waals surface area contributed by atoms with E-state index >= 15 is 0 Å². The summed E-state index contributed by atoms with van der Waals surface area (Å²) in [7, 11) is 0. The van der Waals surface area contributed by atoms with Crippen molar-refractivity contribution in [1.29, 1.82) is 0 Å². The van der Waals surface area contributed by atoms with E-state index in [9.17, 15) is 4.79 Å². The number of furan rings is 1. The van der Waals surface area contributed by atoms with Crippen molar-refractivity contribution < 1.29 is 9.21 Å². The van der Waals surface area contributed by atoms with Gasteiger partial charge in [-0.2, -0.15) is 0 Å². The monoisotopic (exact) mass is 295 g/mol. The highest BCUT2D eigenvalue weighted by molar-refractivity contribution is 9.09. The molecule has 0 saturated carbocycles. The van der Waals surface area contributed by atoms with Crippen LogP contribution in [-0.2, 0) is 0 Å². The third kappa shape index (κ3) is 2.88. The Kier molecular flexibility index (Phi) is 3.84. The van der Waals surface area contributed by atoms with Gasteiger partial charge in [0.25, 0.3) is 5.91 Å². The maximum atomic E-state index is 11.8. The first-order chi connectivity index (χ1) is 8.20. The molecule has 4 heteroatoms. The van der Waals surface area contributed by atoms with Gasteiger partial charge < -0.3 is 9.73 Å². The Labute approximate surface area is 108 Å². The first-order valence-corrected chi connectivity index (χ1v) is 6.67. The first-order valence-electron chi connectivity index (χ1n) is 5.55. The zero-order valence-electron chi connectivity index (χ0n) is 9.63. The van der Waals surface area contributed by atoms with Crippen molar-refractivity contribution in [3.8, 4) is 0 Å². The lowest BCUT2D eigenvalue weighted by Gasteiger charge is -1.99. The summed E-state index contributed by atoms with van der Waals surface area (Å²) in [6.07, 6.45) is 0.908. The molecule has 0 radical (unpaired) electrons. The van der Waals surface area contributed by atoms with Crippen LogP contribution >= 0.6 is 15.9 Å². The van der Waals surface area contributed by atoms with Gasteiger partial charge in [0.15, 0.2) is 5.76 Å². The maximum Gasteiger partial charge on any atom is 0.287 e. The van der Waals surface area contributed by atoms with Crippen LogP contribution in [0.15, 0.2) is 28.7 Å². The lowest BCUT2D eigenvalue weighted by molar-refractivity contribution is 0.0928. The lowest BCUT2D eigenvalue weighted by atomic mass is 10.2. The second-order valence-electron chi connectivity index (χ2n) is 3.95. The molecule has 0 saturated heterocycles. The molecule has 3 nitrogen and oxygen atoms in total. The van der Waals surface area contributed by atoms with Crippen molar-refractivity contribution in [2.45, 2.75) is 13.3 Å². The molecule has 0 aliphatic carbocycles. The highest BCUT2D eigenvalue weighted by atomic mass is 79.9. The van der Waals surface area contributed by atoms with E-state index in [0.717, 1.165) is 28.3 Å². The van der Waals surface area contributed by atoms with Gasteiger partial charge in [-0.1, -0.05) is 27.6 Å². The molecule has 1 aromatic heterocycles. The van der Waals surface area contributed by atoms with Gasteiger partial charge in [-0.15, -0.1) is 0 Å². The van der Waals surface area contributed by atoms with Crippen molar-refractivity contribution in [2.24, 2.45) is 0 Å². The van der Waals surface area contributed by atoms with Gasteiger partial charge in [0.05, 0.1) is 0 Å². The molecule has 0 aliphatic rings. The van der Waals surface area contributed by atoms with Crippen LogP contribution in [-0.4, -0.2) is 17.8 Å². The molecule has 1 N–H and O–H groups in total. The largest absolute Gasteiger partial charge is 0.451 e. The summed E-state index contributed by atoms with van der Waals surface area (Å²) >= 11 is 3.32. The lowest BCUT2D eigenvalue weighted by Crippen LogP contribution is -2.24. The van der Waals surface area contributed by atoms with Crippen LogP contribution in [0.4, 0.5) is 0 Å². The molecular weight excluding hydrogens is 282 g/mol. The van der Waals surface area contributed by atoms with Gasteiger partial charge >= 0.3 is 0 Å². The molecule has 0 bridgehead atoms. The molecule has 1 heterocycles. The van der Waals surface area contributed by atoms with Gasteiger partial charge in [0, 0.05) is 17.3 Å². The summed E-state index contributed by atoms with van der Waals surface area (Å²) in [5.74, 6) is 0.222. The zero-order chi connectivity index (χ0) is 12.3. The van der Waals surface area contributed by atoms with E-state index in [1.54, 1.807) is 6.07 Å². The second kappa shape index (κ2) is 5.36. The van der Waals surface area contributed by atoms with E-state index in [1.165, 1.54) is 0 Å². The molecule has 0 spiro atoms. The number of carbonyl (C=O) groups excluding carboxylic acids is 1. The second-order valence-corrected chi connectivity index (χ2v) is 4.74. The van der Waals surface area contributed by atoms with Crippen LogP contribution in [0.1, 0.15) is 22.5 Å². The topological polar surface area (TPSA) is 42.2 Å². The van der Waals surface area contributed by atoms with Gasteiger partial charge in [0.1, 0.15) is 5.58 Å². The minimum atomic E-state index is -0.153. The molecule has 0 aliphatic heterocycles. The van der Waals surface area contributed by atoms with Gasteiger partial charge in [-0.05, 0) is 31.5 Å². The number of nitrogens with one attached hydrogen (secondary N) is 1. The van der Waals surface area contributed by atoms with E-state index in [0.29, 0.717) is 12.3 Å². The molecule has 0 fully saturated rings. The zero-order valence-corrected chi connectivity index (χ0v) is 11.2. The molecule has 0 atom stereocenters. The Balaban J connectivity index is 2.15. The number of fused-ring (bicyclic) bond motifs is 1. The summed E-state index contributed by atoms with van der Waals surface area (Å²) in [4.78, 5) is 11.8. The molecule has 1 amide bonds. The fourth-order valence-corrected chi connectivity index (χ4v) is 1.91. The molecular formula is C13H14BrNO2. The van der Waals surface area contributed by atoms with Crippen molar-refractivity contribution in [1.82, 2.24) is 5.32 Å². The number of benzene rings is 1. The van der Waals surface area contributed by atoms with E-state index < -0.39 is 0 Å². The van der Waals surface area contributed by atoms with Crippen molar-refractivity contribution in [2.75, 3.05) is 11.9 Å². The Morgan fingerprint density at radius 2 is 2.24 bits per heavy atom. The summed E-state index contributed by atoms with van der Waals surface area (Å²) in [6, 6.07) is 7.65. The Morgan fingerprint density at radius 3 is 3.00 bits per heavy atom. The van der Waals surface area contributed by atoms with Gasteiger partial charge in [-0.25, -0.2) is 0 Å². The standard InChI is InChI=1S/C13H14BrNO2/c1-9-3-4-11-10(7-9)8-12(17-11)13(16)15-6-2-5-14/h3-4,7-8H,2,5-6H2,1H3,(H,15,16). The van der Waals surface area contributed by atoms with E-state index in [1.807, 2.05) is 25.1 Å². The molecule has 2 aromatic rings. The van der Waals surface area contributed by atoms with Crippen molar-refractivity contribution in [3.05, 3.63) is 35.6 Å². The molecule has 17 heavy (non-hydrogen) atoms. The molecule has 1 aromatic carbocycles. The highest BCUT2D eigenvalue weighted by Crippen LogP contribution is 2.20. The summed E-state index contributed by atoms with van der Waals surface area (Å²) in [6.45, 7) is 2.67. The molecule has 2 rings (SSSR count). The average Bonchev–Trinajstić information content (AvgIpc) is 2.72. The molecule has 90 valence electrons. The fourth-order valence-electron chi connectivity index (χ4n) is 1.63. The highest BCUT2D eigenvalue weighted by Gasteiger charge is 2.11. The maximum absolute atomic E-state index is 11.8. The first kappa shape index (κ1) is 12.2. The minimum absolute atomic E-state index is 0.153. The van der Waals surface area contributed by atoms with Crippen LogP contribution in [0.25, 0.3) is 11.0 Å². The van der Waals surface area contributed by atoms with Crippen molar-refractivity contribution in [3.63, 3.8) is 0 Å². The van der Waals surface area contributed by atoms with Crippen LogP contribution in [0.3, 0.4) is 0 Å². The van der Waals surface area contributed by atoms with Crippen LogP contribution in [0.5, 0.6) is 0 Å². The Morgan fingerprint density at radius 1 is 1.41 bits per heavy atom. The normalized spacial score (nSPS) is 10.7. The molecule has 0 unspecified atom stereocenters. The number of aryl methyl sites for hydroxylation is 1. The third-order valence-corrected chi connectivity index (χ3v) is 3.05. The summed E-state index contributed by atoms with van der Waals surface area (Å²) in [5.41, 5.74) is 1.91. The predicted octanol–water partition coefficient (Wildman–Crippen LogP) is 3.26. The SMILES string of the molecule is Cc1ccc2oc(C(=O)NCCCBr)cc2c1. The van der Waals surface area contributed by atoms with E-state index in [2.05, 4.69) is 21.2 Å². The van der Waals surface area contributed by atoms with Crippen LogP contribution in [0, 0.1) is 6.92 Å². The number of hydrogen-bond donors (Lipinski definition) is 1. The van der Waals surface area contributed by atoms with E-state index in [-0.39, 0.29) is 5.91 Å². The average molecular weight is 296 g/mol. The predicted molar refractivity (Wildman–Crippen MR) is 71.7 cm³/mol. The third-order valence-electron chi connectivity index (χ3n) is 2.49.